The Labute approximate surface area is 152 Å². The van der Waals surface area contributed by atoms with Gasteiger partial charge in [-0.1, -0.05) is 75.2 Å². The van der Waals surface area contributed by atoms with Crippen LogP contribution in [-0.4, -0.2) is 23.4 Å². The van der Waals surface area contributed by atoms with E-state index in [9.17, 15) is 10.2 Å². The van der Waals surface area contributed by atoms with Gasteiger partial charge in [0.25, 0.3) is 0 Å². The van der Waals surface area contributed by atoms with Crippen molar-refractivity contribution < 1.29 is 10.2 Å². The van der Waals surface area contributed by atoms with Crippen LogP contribution in [0.25, 0.3) is 0 Å². The van der Waals surface area contributed by atoms with Gasteiger partial charge in [-0.15, -0.1) is 0 Å². The van der Waals surface area contributed by atoms with Crippen LogP contribution in [0.5, 0.6) is 0 Å². The van der Waals surface area contributed by atoms with Gasteiger partial charge in [-0.2, -0.15) is 0 Å². The number of aliphatic hydroxyl groups excluding tert-OH is 2. The molecule has 136 valence electrons. The van der Waals surface area contributed by atoms with E-state index in [1.54, 1.807) is 0 Å². The third-order valence-corrected chi connectivity index (χ3v) is 5.04. The summed E-state index contributed by atoms with van der Waals surface area (Å²) in [5, 5.41) is 19.4. The Morgan fingerprint density at radius 2 is 1.00 bits per heavy atom. The lowest BCUT2D eigenvalue weighted by Gasteiger charge is -2.25. The predicted molar refractivity (Wildman–Crippen MR) is 105 cm³/mol. The average molecular weight is 341 g/mol. The Bertz CT molecular complexity index is 678. The maximum atomic E-state index is 9.68. The summed E-state index contributed by atoms with van der Waals surface area (Å²) in [5.41, 5.74) is 6.83. The summed E-state index contributed by atoms with van der Waals surface area (Å²) in [5.74, 6) is 0. The summed E-state index contributed by atoms with van der Waals surface area (Å²) in [6, 6.07) is 13.2. The van der Waals surface area contributed by atoms with Crippen molar-refractivity contribution in [1.82, 2.24) is 0 Å². The molecule has 2 N–H and O–H groups in total. The summed E-state index contributed by atoms with van der Waals surface area (Å²) >= 11 is 0. The Kier molecular flexibility index (Phi) is 5.75. The van der Waals surface area contributed by atoms with Gasteiger partial charge in [-0.05, 0) is 42.5 Å². The monoisotopic (exact) mass is 340 g/mol. The zero-order valence-corrected chi connectivity index (χ0v) is 16.5. The van der Waals surface area contributed by atoms with E-state index in [1.807, 2.05) is 0 Å². The Morgan fingerprint density at radius 1 is 0.640 bits per heavy atom. The van der Waals surface area contributed by atoms with Crippen LogP contribution >= 0.6 is 0 Å². The minimum absolute atomic E-state index is 0.134. The van der Waals surface area contributed by atoms with Crippen molar-refractivity contribution in [2.75, 3.05) is 13.2 Å². The standard InChI is InChI=1S/C23H32O2/c1-16-7-18(12-20(9-16)22(3,4)14-24)11-19-8-17(2)10-21(13-19)23(5,6)15-25/h7-10,12-13,24-25H,11,14-15H2,1-6H3. The normalized spacial score (nSPS) is 12.5. The van der Waals surface area contributed by atoms with Crippen LogP contribution in [0.15, 0.2) is 36.4 Å². The minimum atomic E-state index is -0.239. The van der Waals surface area contributed by atoms with E-state index in [1.165, 1.54) is 33.4 Å². The number of hydrogen-bond donors (Lipinski definition) is 2. The average Bonchev–Trinajstić information content (AvgIpc) is 2.53. The largest absolute Gasteiger partial charge is 0.395 e. The predicted octanol–water partition coefficient (Wildman–Crippen LogP) is 4.43. The van der Waals surface area contributed by atoms with Crippen LogP contribution in [0.2, 0.25) is 0 Å². The highest BCUT2D eigenvalue weighted by atomic mass is 16.3. The van der Waals surface area contributed by atoms with E-state index in [-0.39, 0.29) is 24.0 Å². The van der Waals surface area contributed by atoms with Gasteiger partial charge in [0, 0.05) is 10.8 Å². The SMILES string of the molecule is Cc1cc(Cc2cc(C)cc(C(C)(C)CO)c2)cc(C(C)(C)CO)c1. The van der Waals surface area contributed by atoms with Crippen LogP contribution in [0, 0.1) is 13.8 Å². The highest BCUT2D eigenvalue weighted by Gasteiger charge is 2.21. The van der Waals surface area contributed by atoms with Crippen LogP contribution in [0.3, 0.4) is 0 Å². The maximum absolute atomic E-state index is 9.68. The second kappa shape index (κ2) is 7.31. The summed E-state index contributed by atoms with van der Waals surface area (Å²) in [4.78, 5) is 0. The van der Waals surface area contributed by atoms with Gasteiger partial charge < -0.3 is 10.2 Å². The van der Waals surface area contributed by atoms with E-state index < -0.39 is 0 Å². The quantitative estimate of drug-likeness (QED) is 0.816. The van der Waals surface area contributed by atoms with Crippen LogP contribution in [-0.2, 0) is 17.3 Å². The number of aliphatic hydroxyl groups is 2. The second-order valence-corrected chi connectivity index (χ2v) is 8.68. The zero-order chi connectivity index (χ0) is 18.8. The fourth-order valence-corrected chi connectivity index (χ4v) is 3.13. The molecule has 2 nitrogen and oxygen atoms in total. The molecule has 2 aromatic rings. The summed E-state index contributed by atoms with van der Waals surface area (Å²) in [6.45, 7) is 12.8. The Hall–Kier alpha value is -1.64. The van der Waals surface area contributed by atoms with E-state index in [2.05, 4.69) is 77.9 Å². The molecular weight excluding hydrogens is 308 g/mol. The molecule has 0 aromatic heterocycles. The van der Waals surface area contributed by atoms with Crippen molar-refractivity contribution in [3.05, 3.63) is 69.8 Å². The van der Waals surface area contributed by atoms with Gasteiger partial charge in [0.1, 0.15) is 0 Å². The van der Waals surface area contributed by atoms with Crippen molar-refractivity contribution in [1.29, 1.82) is 0 Å². The third-order valence-electron chi connectivity index (χ3n) is 5.04. The van der Waals surface area contributed by atoms with Crippen LogP contribution in [0.1, 0.15) is 61.1 Å². The lowest BCUT2D eigenvalue weighted by atomic mass is 9.82. The Morgan fingerprint density at radius 3 is 1.32 bits per heavy atom. The van der Waals surface area contributed by atoms with Gasteiger partial charge in [0.2, 0.25) is 0 Å². The molecule has 0 bridgehead atoms. The highest BCUT2D eigenvalue weighted by molar-refractivity contribution is 5.40. The second-order valence-electron chi connectivity index (χ2n) is 8.68. The lowest BCUT2D eigenvalue weighted by Crippen LogP contribution is -2.22. The summed E-state index contributed by atoms with van der Waals surface area (Å²) in [7, 11) is 0. The van der Waals surface area contributed by atoms with Crippen molar-refractivity contribution in [2.45, 2.75) is 58.8 Å². The van der Waals surface area contributed by atoms with E-state index in [0.717, 1.165) is 6.42 Å². The summed E-state index contributed by atoms with van der Waals surface area (Å²) in [6.07, 6.45) is 0.854. The van der Waals surface area contributed by atoms with Crippen LogP contribution < -0.4 is 0 Å². The molecule has 0 saturated heterocycles. The van der Waals surface area contributed by atoms with Crippen molar-refractivity contribution >= 4 is 0 Å². The molecule has 2 aromatic carbocycles. The molecule has 0 aliphatic rings. The fourth-order valence-electron chi connectivity index (χ4n) is 3.13. The molecule has 25 heavy (non-hydrogen) atoms. The molecule has 0 aliphatic carbocycles. The van der Waals surface area contributed by atoms with Gasteiger partial charge in [-0.25, -0.2) is 0 Å². The molecule has 0 unspecified atom stereocenters. The maximum Gasteiger partial charge on any atom is 0.0522 e. The first-order chi connectivity index (χ1) is 11.6. The highest BCUT2D eigenvalue weighted by Crippen LogP contribution is 2.28. The molecule has 0 spiro atoms. The smallest absolute Gasteiger partial charge is 0.0522 e. The first-order valence-electron chi connectivity index (χ1n) is 9.01. The van der Waals surface area contributed by atoms with Gasteiger partial charge in [0.05, 0.1) is 13.2 Å². The first-order valence-corrected chi connectivity index (χ1v) is 9.01. The minimum Gasteiger partial charge on any atom is -0.395 e. The number of hydrogen-bond acceptors (Lipinski definition) is 2. The molecule has 0 atom stereocenters. The number of rotatable bonds is 6. The number of aryl methyl sites for hydroxylation is 2. The van der Waals surface area contributed by atoms with E-state index >= 15 is 0 Å². The van der Waals surface area contributed by atoms with Crippen molar-refractivity contribution in [3.8, 4) is 0 Å². The summed E-state index contributed by atoms with van der Waals surface area (Å²) < 4.78 is 0. The molecule has 0 amide bonds. The molecule has 0 radical (unpaired) electrons. The van der Waals surface area contributed by atoms with E-state index in [4.69, 9.17) is 0 Å². The Balaban J connectivity index is 2.40. The van der Waals surface area contributed by atoms with Crippen molar-refractivity contribution in [2.24, 2.45) is 0 Å². The molecule has 0 fully saturated rings. The molecule has 0 saturated carbocycles. The van der Waals surface area contributed by atoms with Gasteiger partial charge in [-0.3, -0.25) is 0 Å². The molecule has 2 rings (SSSR count). The van der Waals surface area contributed by atoms with E-state index in [0.29, 0.717) is 0 Å². The third kappa shape index (κ3) is 4.71. The zero-order valence-electron chi connectivity index (χ0n) is 16.5. The number of benzene rings is 2. The molecular formula is C23H32O2. The topological polar surface area (TPSA) is 40.5 Å². The van der Waals surface area contributed by atoms with Crippen molar-refractivity contribution in [3.63, 3.8) is 0 Å². The fraction of sp³-hybridized carbons (Fsp3) is 0.478. The first kappa shape index (κ1) is 19.7. The van der Waals surface area contributed by atoms with Gasteiger partial charge in [0.15, 0.2) is 0 Å². The lowest BCUT2D eigenvalue weighted by molar-refractivity contribution is 0.218. The molecule has 2 heteroatoms. The van der Waals surface area contributed by atoms with Gasteiger partial charge >= 0.3 is 0 Å². The molecule has 0 aliphatic heterocycles. The molecule has 0 heterocycles. The van der Waals surface area contributed by atoms with Crippen LogP contribution in [0.4, 0.5) is 0 Å².